The first-order valence-corrected chi connectivity index (χ1v) is 7.20. The van der Waals surface area contributed by atoms with Crippen molar-refractivity contribution in [3.8, 4) is 17.1 Å². The first-order chi connectivity index (χ1) is 11.2. The molecule has 0 amide bonds. The number of methoxy groups -OCH3 is 1. The molecule has 0 aliphatic heterocycles. The predicted molar refractivity (Wildman–Crippen MR) is 88.8 cm³/mol. The van der Waals surface area contributed by atoms with Gasteiger partial charge in [0.2, 0.25) is 4.77 Å². The van der Waals surface area contributed by atoms with E-state index >= 15 is 0 Å². The van der Waals surface area contributed by atoms with Crippen LogP contribution < -0.4 is 4.74 Å². The lowest BCUT2D eigenvalue weighted by atomic mass is 10.2. The van der Waals surface area contributed by atoms with E-state index in [1.54, 1.807) is 19.2 Å². The second-order valence-electron chi connectivity index (χ2n) is 4.70. The second kappa shape index (κ2) is 6.53. The van der Waals surface area contributed by atoms with Gasteiger partial charge < -0.3 is 4.74 Å². The minimum absolute atomic E-state index is 0.322. The first-order valence-electron chi connectivity index (χ1n) is 6.79. The van der Waals surface area contributed by atoms with Crippen molar-refractivity contribution in [3.63, 3.8) is 0 Å². The summed E-state index contributed by atoms with van der Waals surface area (Å²) in [6.07, 6.45) is 1.53. The standard InChI is InChI=1S/C16H13FN4OS/c1-22-14-7-3-5-12(9-14)15-19-20-16(23)21(15)18-10-11-4-2-6-13(17)8-11/h2-10H,1H3,(H,20,23)/b18-10-. The van der Waals surface area contributed by atoms with Crippen molar-refractivity contribution in [2.24, 2.45) is 5.10 Å². The maximum Gasteiger partial charge on any atom is 0.216 e. The predicted octanol–water partition coefficient (Wildman–Crippen LogP) is 3.64. The van der Waals surface area contributed by atoms with Gasteiger partial charge in [0.1, 0.15) is 11.6 Å². The monoisotopic (exact) mass is 328 g/mol. The van der Waals surface area contributed by atoms with Crippen LogP contribution in [0, 0.1) is 10.6 Å². The van der Waals surface area contributed by atoms with Crippen LogP contribution in [0.4, 0.5) is 4.39 Å². The molecule has 0 spiro atoms. The molecule has 0 saturated heterocycles. The van der Waals surface area contributed by atoms with Gasteiger partial charge in [-0.3, -0.25) is 0 Å². The van der Waals surface area contributed by atoms with E-state index in [4.69, 9.17) is 17.0 Å². The quantitative estimate of drug-likeness (QED) is 0.588. The largest absolute Gasteiger partial charge is 0.497 e. The molecule has 7 heteroatoms. The third-order valence-electron chi connectivity index (χ3n) is 3.15. The zero-order chi connectivity index (χ0) is 16.2. The Balaban J connectivity index is 2.00. The van der Waals surface area contributed by atoms with Crippen molar-refractivity contribution in [3.05, 3.63) is 64.7 Å². The lowest BCUT2D eigenvalue weighted by Crippen LogP contribution is -1.95. The maximum atomic E-state index is 13.2. The summed E-state index contributed by atoms with van der Waals surface area (Å²) in [5, 5.41) is 11.2. The number of aromatic amines is 1. The van der Waals surface area contributed by atoms with Crippen LogP contribution in [0.3, 0.4) is 0 Å². The molecule has 3 rings (SSSR count). The van der Waals surface area contributed by atoms with Crippen LogP contribution in [-0.4, -0.2) is 28.2 Å². The minimum Gasteiger partial charge on any atom is -0.497 e. The molecule has 0 unspecified atom stereocenters. The number of nitrogens with zero attached hydrogens (tertiary/aromatic N) is 3. The highest BCUT2D eigenvalue weighted by Crippen LogP contribution is 2.22. The van der Waals surface area contributed by atoms with E-state index in [-0.39, 0.29) is 5.82 Å². The molecule has 1 aromatic heterocycles. The number of hydrogen-bond donors (Lipinski definition) is 1. The summed E-state index contributed by atoms with van der Waals surface area (Å²) in [6, 6.07) is 13.5. The van der Waals surface area contributed by atoms with Crippen LogP contribution in [0.25, 0.3) is 11.4 Å². The number of ether oxygens (including phenoxy) is 1. The summed E-state index contributed by atoms with van der Waals surface area (Å²) in [6.45, 7) is 0. The number of rotatable bonds is 4. The Kier molecular flexibility index (Phi) is 4.29. The molecule has 0 saturated carbocycles. The molecule has 23 heavy (non-hydrogen) atoms. The molecular formula is C16H13FN4OS. The fourth-order valence-corrected chi connectivity index (χ4v) is 2.24. The van der Waals surface area contributed by atoms with Gasteiger partial charge in [-0.15, -0.1) is 0 Å². The molecule has 116 valence electrons. The molecule has 0 radical (unpaired) electrons. The molecule has 1 heterocycles. The van der Waals surface area contributed by atoms with Crippen molar-refractivity contribution in [2.75, 3.05) is 7.11 Å². The molecule has 2 aromatic carbocycles. The van der Waals surface area contributed by atoms with Crippen LogP contribution in [0.5, 0.6) is 5.75 Å². The zero-order valence-electron chi connectivity index (χ0n) is 12.2. The molecule has 0 atom stereocenters. The summed E-state index contributed by atoms with van der Waals surface area (Å²) in [5.41, 5.74) is 1.43. The van der Waals surface area contributed by atoms with Gasteiger partial charge in [0.15, 0.2) is 5.82 Å². The number of H-pyrrole nitrogens is 1. The summed E-state index contributed by atoms with van der Waals surface area (Å²) < 4.78 is 20.3. The number of nitrogens with one attached hydrogen (secondary N) is 1. The van der Waals surface area contributed by atoms with Gasteiger partial charge in [0, 0.05) is 5.56 Å². The lowest BCUT2D eigenvalue weighted by molar-refractivity contribution is 0.415. The highest BCUT2D eigenvalue weighted by atomic mass is 32.1. The van der Waals surface area contributed by atoms with Crippen LogP contribution in [0.1, 0.15) is 5.56 Å². The summed E-state index contributed by atoms with van der Waals surface area (Å²) in [5.74, 6) is 0.927. The summed E-state index contributed by atoms with van der Waals surface area (Å²) in [7, 11) is 1.60. The molecule has 1 N–H and O–H groups in total. The highest BCUT2D eigenvalue weighted by Gasteiger charge is 2.09. The maximum absolute atomic E-state index is 13.2. The van der Waals surface area contributed by atoms with Crippen molar-refractivity contribution < 1.29 is 9.13 Å². The number of aromatic nitrogens is 3. The van der Waals surface area contributed by atoms with Gasteiger partial charge in [-0.05, 0) is 42.0 Å². The van der Waals surface area contributed by atoms with E-state index in [2.05, 4.69) is 15.3 Å². The third-order valence-corrected chi connectivity index (χ3v) is 3.41. The molecule has 0 aliphatic carbocycles. The first kappa shape index (κ1) is 15.1. The van der Waals surface area contributed by atoms with E-state index in [0.29, 0.717) is 21.9 Å². The highest BCUT2D eigenvalue weighted by molar-refractivity contribution is 7.71. The molecule has 0 aliphatic rings. The molecule has 0 fully saturated rings. The van der Waals surface area contributed by atoms with E-state index in [9.17, 15) is 4.39 Å². The summed E-state index contributed by atoms with van der Waals surface area (Å²) >= 11 is 5.20. The molecule has 5 nitrogen and oxygen atoms in total. The van der Waals surface area contributed by atoms with Crippen LogP contribution >= 0.6 is 12.2 Å². The van der Waals surface area contributed by atoms with Gasteiger partial charge in [-0.25, -0.2) is 9.49 Å². The smallest absolute Gasteiger partial charge is 0.216 e. The molecular weight excluding hydrogens is 315 g/mol. The van der Waals surface area contributed by atoms with E-state index in [0.717, 1.165) is 5.56 Å². The van der Waals surface area contributed by atoms with Crippen molar-refractivity contribution in [1.29, 1.82) is 0 Å². The van der Waals surface area contributed by atoms with Crippen LogP contribution in [0.15, 0.2) is 53.6 Å². The van der Waals surface area contributed by atoms with Crippen molar-refractivity contribution in [2.45, 2.75) is 0 Å². The third kappa shape index (κ3) is 3.35. The number of halogens is 1. The second-order valence-corrected chi connectivity index (χ2v) is 5.08. The Morgan fingerprint density at radius 1 is 1.26 bits per heavy atom. The Bertz CT molecular complexity index is 916. The fraction of sp³-hybridized carbons (Fsp3) is 0.0625. The summed E-state index contributed by atoms with van der Waals surface area (Å²) in [4.78, 5) is 0. The normalized spacial score (nSPS) is 11.0. The van der Waals surface area contributed by atoms with Gasteiger partial charge in [-0.1, -0.05) is 24.3 Å². The van der Waals surface area contributed by atoms with E-state index in [1.807, 2.05) is 24.3 Å². The number of hydrogen-bond acceptors (Lipinski definition) is 4. The van der Waals surface area contributed by atoms with Gasteiger partial charge in [-0.2, -0.15) is 14.9 Å². The minimum atomic E-state index is -0.322. The Morgan fingerprint density at radius 2 is 2.09 bits per heavy atom. The zero-order valence-corrected chi connectivity index (χ0v) is 13.0. The molecule has 3 aromatic rings. The Hall–Kier alpha value is -2.80. The lowest BCUT2D eigenvalue weighted by Gasteiger charge is -2.03. The van der Waals surface area contributed by atoms with Gasteiger partial charge >= 0.3 is 0 Å². The molecule has 0 bridgehead atoms. The van der Waals surface area contributed by atoms with Crippen LogP contribution in [0.2, 0.25) is 0 Å². The van der Waals surface area contributed by atoms with E-state index in [1.165, 1.54) is 23.0 Å². The SMILES string of the molecule is COc1cccc(-c2n[nH]c(=S)n2/N=C\c2cccc(F)c2)c1. The average Bonchev–Trinajstić information content (AvgIpc) is 2.94. The number of benzene rings is 2. The fourth-order valence-electron chi connectivity index (χ4n) is 2.06. The van der Waals surface area contributed by atoms with Crippen molar-refractivity contribution >= 4 is 18.4 Å². The average molecular weight is 328 g/mol. The Labute approximate surface area is 137 Å². The van der Waals surface area contributed by atoms with Gasteiger partial charge in [0.05, 0.1) is 13.3 Å². The van der Waals surface area contributed by atoms with Crippen LogP contribution in [-0.2, 0) is 0 Å². The van der Waals surface area contributed by atoms with E-state index < -0.39 is 0 Å². The van der Waals surface area contributed by atoms with Gasteiger partial charge in [0.25, 0.3) is 0 Å². The topological polar surface area (TPSA) is 55.2 Å². The Morgan fingerprint density at radius 3 is 2.87 bits per heavy atom. The van der Waals surface area contributed by atoms with Crippen molar-refractivity contribution in [1.82, 2.24) is 14.9 Å².